The molecule has 0 radical (unpaired) electrons. The summed E-state index contributed by atoms with van der Waals surface area (Å²) in [6, 6.07) is 14.5. The van der Waals surface area contributed by atoms with Crippen LogP contribution in [-0.4, -0.2) is 22.3 Å². The first-order chi connectivity index (χ1) is 12.5. The highest BCUT2D eigenvalue weighted by Gasteiger charge is 2.45. The molecule has 1 saturated carbocycles. The van der Waals surface area contributed by atoms with E-state index in [2.05, 4.69) is 25.1 Å². The molecule has 4 rings (SSSR count). The zero-order valence-corrected chi connectivity index (χ0v) is 14.9. The summed E-state index contributed by atoms with van der Waals surface area (Å²) in [5.74, 6) is -0.123. The smallest absolute Gasteiger partial charge is 0.270 e. The third kappa shape index (κ3) is 2.59. The first-order valence-corrected chi connectivity index (χ1v) is 9.17. The number of hydrogen-bond donors (Lipinski definition) is 0. The number of carbonyl (C=O) groups is 1. The summed E-state index contributed by atoms with van der Waals surface area (Å²) >= 11 is 0. The molecule has 1 aliphatic carbocycles. The van der Waals surface area contributed by atoms with Crippen LogP contribution in [0.15, 0.2) is 48.5 Å². The molecule has 2 aromatic carbocycles. The molecule has 2 aliphatic rings. The van der Waals surface area contributed by atoms with Crippen molar-refractivity contribution in [2.75, 3.05) is 6.54 Å². The van der Waals surface area contributed by atoms with Gasteiger partial charge in [0, 0.05) is 29.7 Å². The van der Waals surface area contributed by atoms with Crippen LogP contribution in [0, 0.1) is 10.1 Å². The van der Waals surface area contributed by atoms with Gasteiger partial charge in [0.2, 0.25) is 0 Å². The quantitative estimate of drug-likeness (QED) is 0.586. The van der Waals surface area contributed by atoms with Crippen LogP contribution in [0.4, 0.5) is 5.69 Å². The maximum atomic E-state index is 13.2. The molecule has 1 unspecified atom stereocenters. The fourth-order valence-corrected chi connectivity index (χ4v) is 4.71. The van der Waals surface area contributed by atoms with Gasteiger partial charge in [-0.05, 0) is 37.0 Å². The summed E-state index contributed by atoms with van der Waals surface area (Å²) in [7, 11) is 0. The number of benzene rings is 2. The van der Waals surface area contributed by atoms with Crippen molar-refractivity contribution in [3.63, 3.8) is 0 Å². The largest absolute Gasteiger partial charge is 0.331 e. The van der Waals surface area contributed by atoms with Gasteiger partial charge in [0.05, 0.1) is 11.0 Å². The minimum absolute atomic E-state index is 0.0273. The Hall–Kier alpha value is -2.69. The minimum atomic E-state index is -0.454. The summed E-state index contributed by atoms with van der Waals surface area (Å²) in [5.41, 5.74) is 2.96. The van der Waals surface area contributed by atoms with E-state index >= 15 is 0 Å². The second-order valence-corrected chi connectivity index (χ2v) is 7.49. The van der Waals surface area contributed by atoms with E-state index in [0.717, 1.165) is 12.8 Å². The fourth-order valence-electron chi connectivity index (χ4n) is 4.71. The van der Waals surface area contributed by atoms with Gasteiger partial charge in [0.15, 0.2) is 0 Å². The van der Waals surface area contributed by atoms with Crippen LogP contribution in [0.5, 0.6) is 0 Å². The summed E-state index contributed by atoms with van der Waals surface area (Å²) in [4.78, 5) is 25.8. The Morgan fingerprint density at radius 2 is 1.88 bits per heavy atom. The molecule has 0 bridgehead atoms. The lowest BCUT2D eigenvalue weighted by Gasteiger charge is -2.46. The molecule has 26 heavy (non-hydrogen) atoms. The second kappa shape index (κ2) is 6.24. The molecule has 134 valence electrons. The van der Waals surface area contributed by atoms with Crippen LogP contribution in [0.3, 0.4) is 0 Å². The molecule has 1 fully saturated rings. The van der Waals surface area contributed by atoms with Gasteiger partial charge >= 0.3 is 0 Å². The zero-order valence-electron chi connectivity index (χ0n) is 14.9. The van der Waals surface area contributed by atoms with Crippen LogP contribution in [-0.2, 0) is 5.41 Å². The molecule has 0 aromatic heterocycles. The topological polar surface area (TPSA) is 63.5 Å². The number of hydrogen-bond acceptors (Lipinski definition) is 3. The summed E-state index contributed by atoms with van der Waals surface area (Å²) in [5, 5.41) is 11.1. The van der Waals surface area contributed by atoms with Crippen LogP contribution < -0.4 is 0 Å². The molecule has 1 heterocycles. The Morgan fingerprint density at radius 1 is 1.15 bits per heavy atom. The Morgan fingerprint density at radius 3 is 2.62 bits per heavy atom. The molecular formula is C21H22N2O3. The zero-order chi connectivity index (χ0) is 18.3. The van der Waals surface area contributed by atoms with Gasteiger partial charge < -0.3 is 4.90 Å². The van der Waals surface area contributed by atoms with Crippen molar-refractivity contribution >= 4 is 11.6 Å². The van der Waals surface area contributed by atoms with Gasteiger partial charge in [-0.25, -0.2) is 0 Å². The predicted octanol–water partition coefficient (Wildman–Crippen LogP) is 4.62. The van der Waals surface area contributed by atoms with E-state index in [1.165, 1.54) is 36.1 Å². The number of nitrogens with zero attached hydrogens (tertiary/aromatic N) is 2. The SMILES string of the molecule is CC1c2ccccc2C2(CCCC2)CN1C(=O)c1cccc([N+](=O)[O-])c1. The first-order valence-electron chi connectivity index (χ1n) is 9.17. The molecule has 1 atom stereocenters. The number of non-ortho nitro benzene ring substituents is 1. The molecule has 1 aliphatic heterocycles. The molecule has 0 saturated heterocycles. The first kappa shape index (κ1) is 16.8. The standard InChI is InChI=1S/C21H22N2O3/c1-15-18-9-2-3-10-19(18)21(11-4-5-12-21)14-22(15)20(24)16-7-6-8-17(13-16)23(25)26/h2-3,6-10,13,15H,4-5,11-12,14H2,1H3. The summed E-state index contributed by atoms with van der Waals surface area (Å²) < 4.78 is 0. The molecule has 1 amide bonds. The number of amides is 1. The van der Waals surface area contributed by atoms with Gasteiger partial charge in [0.25, 0.3) is 11.6 Å². The van der Waals surface area contributed by atoms with Crippen LogP contribution in [0.2, 0.25) is 0 Å². The van der Waals surface area contributed by atoms with Gasteiger partial charge in [0.1, 0.15) is 0 Å². The highest BCUT2D eigenvalue weighted by Crippen LogP contribution is 2.49. The lowest BCUT2D eigenvalue weighted by atomic mass is 9.72. The minimum Gasteiger partial charge on any atom is -0.331 e. The second-order valence-electron chi connectivity index (χ2n) is 7.49. The van der Waals surface area contributed by atoms with E-state index in [-0.39, 0.29) is 23.1 Å². The highest BCUT2D eigenvalue weighted by molar-refractivity contribution is 5.95. The van der Waals surface area contributed by atoms with Crippen molar-refractivity contribution in [1.29, 1.82) is 0 Å². The van der Waals surface area contributed by atoms with Crippen molar-refractivity contribution in [3.05, 3.63) is 75.3 Å². The third-order valence-corrected chi connectivity index (χ3v) is 6.05. The van der Waals surface area contributed by atoms with Crippen molar-refractivity contribution in [1.82, 2.24) is 4.90 Å². The molecule has 1 spiro atoms. The molecular weight excluding hydrogens is 328 g/mol. The number of nitro benzene ring substituents is 1. The Balaban J connectivity index is 1.74. The van der Waals surface area contributed by atoms with Gasteiger partial charge in [-0.3, -0.25) is 14.9 Å². The van der Waals surface area contributed by atoms with Crippen molar-refractivity contribution < 1.29 is 9.72 Å². The lowest BCUT2D eigenvalue weighted by molar-refractivity contribution is -0.384. The Bertz CT molecular complexity index is 871. The summed E-state index contributed by atoms with van der Waals surface area (Å²) in [6.45, 7) is 2.74. The average molecular weight is 350 g/mol. The maximum absolute atomic E-state index is 13.2. The predicted molar refractivity (Wildman–Crippen MR) is 99.1 cm³/mol. The van der Waals surface area contributed by atoms with Gasteiger partial charge in [-0.1, -0.05) is 43.2 Å². The van der Waals surface area contributed by atoms with E-state index in [1.807, 2.05) is 11.0 Å². The van der Waals surface area contributed by atoms with E-state index in [9.17, 15) is 14.9 Å². The number of rotatable bonds is 2. The molecule has 2 aromatic rings. The number of fused-ring (bicyclic) bond motifs is 2. The van der Waals surface area contributed by atoms with Crippen LogP contribution in [0.25, 0.3) is 0 Å². The average Bonchev–Trinajstić information content (AvgIpc) is 3.14. The van der Waals surface area contributed by atoms with Crippen molar-refractivity contribution in [3.8, 4) is 0 Å². The van der Waals surface area contributed by atoms with Crippen molar-refractivity contribution in [2.24, 2.45) is 0 Å². The van der Waals surface area contributed by atoms with E-state index in [1.54, 1.807) is 12.1 Å². The normalized spacial score (nSPS) is 20.8. The van der Waals surface area contributed by atoms with Crippen LogP contribution >= 0.6 is 0 Å². The van der Waals surface area contributed by atoms with E-state index in [0.29, 0.717) is 12.1 Å². The molecule has 0 N–H and O–H groups in total. The van der Waals surface area contributed by atoms with Gasteiger partial charge in [-0.2, -0.15) is 0 Å². The monoisotopic (exact) mass is 350 g/mol. The maximum Gasteiger partial charge on any atom is 0.270 e. The van der Waals surface area contributed by atoms with Crippen LogP contribution in [0.1, 0.15) is 60.1 Å². The highest BCUT2D eigenvalue weighted by atomic mass is 16.6. The third-order valence-electron chi connectivity index (χ3n) is 6.05. The Kier molecular flexibility index (Phi) is 4.02. The summed E-state index contributed by atoms with van der Waals surface area (Å²) in [6.07, 6.45) is 4.55. The number of nitro groups is 1. The van der Waals surface area contributed by atoms with E-state index < -0.39 is 4.92 Å². The van der Waals surface area contributed by atoms with Crippen molar-refractivity contribution in [2.45, 2.75) is 44.1 Å². The van der Waals surface area contributed by atoms with Gasteiger partial charge in [-0.15, -0.1) is 0 Å². The fraction of sp³-hybridized carbons (Fsp3) is 0.381. The lowest BCUT2D eigenvalue weighted by Crippen LogP contribution is -2.48. The van der Waals surface area contributed by atoms with E-state index in [4.69, 9.17) is 0 Å². The molecule has 5 heteroatoms. The number of carbonyl (C=O) groups excluding carboxylic acids is 1. The Labute approximate surface area is 152 Å². The molecule has 5 nitrogen and oxygen atoms in total.